The highest BCUT2D eigenvalue weighted by Gasteiger charge is 2.32. The number of nitrogens with zero attached hydrogens (tertiary/aromatic N) is 2. The van der Waals surface area contributed by atoms with Gasteiger partial charge in [-0.05, 0) is 68.3 Å². The second-order valence-corrected chi connectivity index (χ2v) is 10.5. The fourth-order valence-electron chi connectivity index (χ4n) is 4.38. The zero-order valence-electron chi connectivity index (χ0n) is 19.1. The van der Waals surface area contributed by atoms with E-state index < -0.39 is 10.0 Å². The van der Waals surface area contributed by atoms with Crippen molar-refractivity contribution in [3.8, 4) is 0 Å². The number of hydrogen-bond donors (Lipinski definition) is 1. The Bertz CT molecular complexity index is 1150. The van der Waals surface area contributed by atoms with Crippen molar-refractivity contribution in [1.29, 1.82) is 0 Å². The SMILES string of the molecule is CCC(=O)N1CCc2cc(C(=O)Nc3ccc(S(=O)(=O)N4CC(C)OC(C)C4)cc3)ccc21. The molecule has 8 nitrogen and oxygen atoms in total. The molecule has 0 radical (unpaired) electrons. The standard InChI is InChI=1S/C24H29N3O5S/c1-4-23(28)27-12-11-18-13-19(5-10-22(18)27)24(29)25-20-6-8-21(9-7-20)33(30,31)26-14-16(2)32-17(3)15-26/h5-10,13,16-17H,4,11-12,14-15H2,1-3H3,(H,25,29). The summed E-state index contributed by atoms with van der Waals surface area (Å²) in [5, 5.41) is 2.82. The van der Waals surface area contributed by atoms with Crippen LogP contribution in [0.3, 0.4) is 0 Å². The van der Waals surface area contributed by atoms with Gasteiger partial charge in [0.1, 0.15) is 0 Å². The normalized spacial score (nSPS) is 21.0. The van der Waals surface area contributed by atoms with Crippen LogP contribution in [0.5, 0.6) is 0 Å². The number of benzene rings is 2. The van der Waals surface area contributed by atoms with Crippen LogP contribution < -0.4 is 10.2 Å². The molecule has 0 saturated carbocycles. The maximum absolute atomic E-state index is 13.0. The summed E-state index contributed by atoms with van der Waals surface area (Å²) in [4.78, 5) is 26.8. The van der Waals surface area contributed by atoms with Gasteiger partial charge in [0.15, 0.2) is 0 Å². The summed E-state index contributed by atoms with van der Waals surface area (Å²) in [6, 6.07) is 11.5. The van der Waals surface area contributed by atoms with Crippen LogP contribution in [0.25, 0.3) is 0 Å². The van der Waals surface area contributed by atoms with Gasteiger partial charge in [0.05, 0.1) is 17.1 Å². The number of carbonyl (C=O) groups is 2. The second-order valence-electron chi connectivity index (χ2n) is 8.55. The zero-order chi connectivity index (χ0) is 23.8. The quantitative estimate of drug-likeness (QED) is 0.723. The van der Waals surface area contributed by atoms with Gasteiger partial charge in [-0.25, -0.2) is 8.42 Å². The molecule has 0 spiro atoms. The summed E-state index contributed by atoms with van der Waals surface area (Å²) in [6.45, 7) is 6.80. The van der Waals surface area contributed by atoms with Gasteiger partial charge in [-0.3, -0.25) is 9.59 Å². The highest BCUT2D eigenvalue weighted by atomic mass is 32.2. The molecule has 176 valence electrons. The topological polar surface area (TPSA) is 96.0 Å². The molecular formula is C24H29N3O5S. The van der Waals surface area contributed by atoms with E-state index in [0.717, 1.165) is 11.3 Å². The van der Waals surface area contributed by atoms with Crippen molar-refractivity contribution in [2.24, 2.45) is 0 Å². The van der Waals surface area contributed by atoms with Crippen LogP contribution >= 0.6 is 0 Å². The number of nitrogens with one attached hydrogen (secondary N) is 1. The molecular weight excluding hydrogens is 442 g/mol. The number of sulfonamides is 1. The summed E-state index contributed by atoms with van der Waals surface area (Å²) in [5.41, 5.74) is 2.83. The Labute approximate surface area is 194 Å². The second kappa shape index (κ2) is 9.24. The lowest BCUT2D eigenvalue weighted by Crippen LogP contribution is -2.48. The Kier molecular flexibility index (Phi) is 6.56. The van der Waals surface area contributed by atoms with E-state index in [1.54, 1.807) is 23.1 Å². The number of amides is 2. The number of hydrogen-bond acceptors (Lipinski definition) is 5. The molecule has 0 aliphatic carbocycles. The molecule has 2 aromatic carbocycles. The molecule has 1 saturated heterocycles. The molecule has 2 aliphatic rings. The number of ether oxygens (including phenoxy) is 1. The smallest absolute Gasteiger partial charge is 0.255 e. The number of morpholine rings is 1. The summed E-state index contributed by atoms with van der Waals surface area (Å²) in [5.74, 6) is -0.216. The predicted molar refractivity (Wildman–Crippen MR) is 126 cm³/mol. The molecule has 2 unspecified atom stereocenters. The van der Waals surface area contributed by atoms with Gasteiger partial charge in [0.2, 0.25) is 15.9 Å². The first kappa shape index (κ1) is 23.4. The van der Waals surface area contributed by atoms with E-state index in [9.17, 15) is 18.0 Å². The summed E-state index contributed by atoms with van der Waals surface area (Å²) in [6.07, 6.45) is 0.827. The minimum atomic E-state index is -3.64. The van der Waals surface area contributed by atoms with E-state index in [4.69, 9.17) is 4.74 Å². The molecule has 33 heavy (non-hydrogen) atoms. The van der Waals surface area contributed by atoms with Crippen LogP contribution in [0.1, 0.15) is 43.1 Å². The first-order chi connectivity index (χ1) is 15.7. The van der Waals surface area contributed by atoms with E-state index in [2.05, 4.69) is 5.32 Å². The number of anilines is 2. The van der Waals surface area contributed by atoms with E-state index in [1.807, 2.05) is 32.9 Å². The lowest BCUT2D eigenvalue weighted by atomic mass is 10.1. The van der Waals surface area contributed by atoms with Crippen molar-refractivity contribution < 1.29 is 22.7 Å². The summed E-state index contributed by atoms with van der Waals surface area (Å²) in [7, 11) is -3.64. The highest BCUT2D eigenvalue weighted by Crippen LogP contribution is 2.30. The molecule has 2 aromatic rings. The van der Waals surface area contributed by atoms with Crippen LogP contribution in [-0.2, 0) is 26.0 Å². The van der Waals surface area contributed by atoms with Gasteiger partial charge < -0.3 is 15.0 Å². The van der Waals surface area contributed by atoms with Crippen molar-refractivity contribution in [1.82, 2.24) is 4.31 Å². The van der Waals surface area contributed by atoms with Crippen molar-refractivity contribution in [2.75, 3.05) is 29.9 Å². The largest absolute Gasteiger partial charge is 0.373 e. The molecule has 0 bridgehead atoms. The Balaban J connectivity index is 1.45. The van der Waals surface area contributed by atoms with Gasteiger partial charge in [-0.15, -0.1) is 0 Å². The van der Waals surface area contributed by atoms with Gasteiger partial charge in [-0.1, -0.05) is 6.92 Å². The summed E-state index contributed by atoms with van der Waals surface area (Å²) < 4.78 is 33.1. The Morgan fingerprint density at radius 3 is 2.36 bits per heavy atom. The third-order valence-corrected chi connectivity index (χ3v) is 7.82. The lowest BCUT2D eigenvalue weighted by molar-refractivity contribution is -0.118. The molecule has 1 fully saturated rings. The molecule has 2 atom stereocenters. The fraction of sp³-hybridized carbons (Fsp3) is 0.417. The molecule has 2 amide bonds. The summed E-state index contributed by atoms with van der Waals surface area (Å²) >= 11 is 0. The first-order valence-corrected chi connectivity index (χ1v) is 12.6. The molecule has 2 aliphatic heterocycles. The van der Waals surface area contributed by atoms with Gasteiger partial charge in [-0.2, -0.15) is 4.31 Å². The van der Waals surface area contributed by atoms with Crippen LogP contribution in [0.2, 0.25) is 0 Å². The maximum atomic E-state index is 13.0. The van der Waals surface area contributed by atoms with E-state index in [0.29, 0.717) is 43.7 Å². The zero-order valence-corrected chi connectivity index (χ0v) is 19.9. The van der Waals surface area contributed by atoms with Gasteiger partial charge >= 0.3 is 0 Å². The van der Waals surface area contributed by atoms with Crippen molar-refractivity contribution in [3.63, 3.8) is 0 Å². The van der Waals surface area contributed by atoms with E-state index in [1.165, 1.54) is 16.4 Å². The lowest BCUT2D eigenvalue weighted by Gasteiger charge is -2.34. The number of carbonyl (C=O) groups excluding carboxylic acids is 2. The minimum Gasteiger partial charge on any atom is -0.373 e. The van der Waals surface area contributed by atoms with E-state index >= 15 is 0 Å². The Morgan fingerprint density at radius 1 is 1.06 bits per heavy atom. The number of rotatable bonds is 5. The molecule has 9 heteroatoms. The van der Waals surface area contributed by atoms with Gasteiger partial charge in [0.25, 0.3) is 5.91 Å². The molecule has 0 aromatic heterocycles. The number of fused-ring (bicyclic) bond motifs is 1. The Morgan fingerprint density at radius 2 is 1.73 bits per heavy atom. The van der Waals surface area contributed by atoms with Crippen LogP contribution in [0, 0.1) is 0 Å². The van der Waals surface area contributed by atoms with E-state index in [-0.39, 0.29) is 28.9 Å². The fourth-order valence-corrected chi connectivity index (χ4v) is 5.97. The predicted octanol–water partition coefficient (Wildman–Crippen LogP) is 3.04. The maximum Gasteiger partial charge on any atom is 0.255 e. The first-order valence-electron chi connectivity index (χ1n) is 11.2. The van der Waals surface area contributed by atoms with Crippen LogP contribution in [0.15, 0.2) is 47.4 Å². The third kappa shape index (κ3) is 4.80. The third-order valence-electron chi connectivity index (χ3n) is 5.98. The molecule has 2 heterocycles. The monoisotopic (exact) mass is 471 g/mol. The van der Waals surface area contributed by atoms with Crippen LogP contribution in [-0.4, -0.2) is 56.4 Å². The highest BCUT2D eigenvalue weighted by molar-refractivity contribution is 7.89. The van der Waals surface area contributed by atoms with Crippen LogP contribution in [0.4, 0.5) is 11.4 Å². The minimum absolute atomic E-state index is 0.0713. The van der Waals surface area contributed by atoms with Crippen molar-refractivity contribution >= 4 is 33.2 Å². The molecule has 4 rings (SSSR count). The van der Waals surface area contributed by atoms with Crippen molar-refractivity contribution in [3.05, 3.63) is 53.6 Å². The molecule has 1 N–H and O–H groups in total. The Hall–Kier alpha value is -2.75. The van der Waals surface area contributed by atoms with Gasteiger partial charge in [0, 0.05) is 43.0 Å². The van der Waals surface area contributed by atoms with Crippen molar-refractivity contribution in [2.45, 2.75) is 50.7 Å². The average Bonchev–Trinajstić information content (AvgIpc) is 3.21. The average molecular weight is 472 g/mol.